The molecule has 0 aromatic heterocycles. The number of methoxy groups -OCH3 is 1. The Morgan fingerprint density at radius 1 is 1.38 bits per heavy atom. The van der Waals surface area contributed by atoms with Crippen LogP contribution >= 0.6 is 0 Å². The van der Waals surface area contributed by atoms with Gasteiger partial charge in [0.05, 0.1) is 19.6 Å². The van der Waals surface area contributed by atoms with Gasteiger partial charge in [0.1, 0.15) is 0 Å². The number of nitrogens with zero attached hydrogens (tertiary/aromatic N) is 1. The number of anilines is 1. The van der Waals surface area contributed by atoms with E-state index < -0.39 is 11.9 Å². The number of ether oxygens (including phenoxy) is 1. The topological polar surface area (TPSA) is 79.2 Å². The standard InChI is InChI=1S/C11H10N2O3/c1-16-11(15)10(14)13-9-4-2-8(3-5-9)6-7-12/h2-5H,6H2,1H3,(H,13,14). The summed E-state index contributed by atoms with van der Waals surface area (Å²) >= 11 is 0. The summed E-state index contributed by atoms with van der Waals surface area (Å²) in [6, 6.07) is 8.66. The highest BCUT2D eigenvalue weighted by molar-refractivity contribution is 6.37. The molecule has 5 nitrogen and oxygen atoms in total. The zero-order chi connectivity index (χ0) is 12.0. The average molecular weight is 218 g/mol. The Kier molecular flexibility index (Phi) is 4.04. The van der Waals surface area contributed by atoms with E-state index in [0.29, 0.717) is 12.1 Å². The van der Waals surface area contributed by atoms with Crippen LogP contribution in [0.1, 0.15) is 5.56 Å². The molecule has 1 rings (SSSR count). The molecule has 1 aromatic rings. The Morgan fingerprint density at radius 2 is 2.00 bits per heavy atom. The molecule has 0 saturated heterocycles. The lowest BCUT2D eigenvalue weighted by Crippen LogP contribution is -2.23. The number of hydrogen-bond acceptors (Lipinski definition) is 4. The summed E-state index contributed by atoms with van der Waals surface area (Å²) in [4.78, 5) is 21.9. The number of carbonyl (C=O) groups excluding carboxylic acids is 2. The van der Waals surface area contributed by atoms with Crippen LogP contribution in [-0.2, 0) is 20.7 Å². The molecule has 1 amide bonds. The maximum atomic E-state index is 11.1. The number of esters is 1. The smallest absolute Gasteiger partial charge is 0.396 e. The summed E-state index contributed by atoms with van der Waals surface area (Å²) in [6.45, 7) is 0. The summed E-state index contributed by atoms with van der Waals surface area (Å²) in [5.74, 6) is -1.77. The molecule has 0 aliphatic carbocycles. The van der Waals surface area contributed by atoms with Crippen LogP contribution in [0.25, 0.3) is 0 Å². The van der Waals surface area contributed by atoms with Crippen molar-refractivity contribution in [1.82, 2.24) is 0 Å². The number of benzene rings is 1. The second-order valence-corrected chi connectivity index (χ2v) is 2.98. The molecule has 16 heavy (non-hydrogen) atoms. The molecule has 0 radical (unpaired) electrons. The molecular formula is C11H10N2O3. The van der Waals surface area contributed by atoms with Crippen molar-refractivity contribution in [3.05, 3.63) is 29.8 Å². The zero-order valence-corrected chi connectivity index (χ0v) is 8.69. The van der Waals surface area contributed by atoms with Gasteiger partial charge in [0.2, 0.25) is 0 Å². The molecule has 1 N–H and O–H groups in total. The van der Waals surface area contributed by atoms with Crippen LogP contribution in [0.2, 0.25) is 0 Å². The van der Waals surface area contributed by atoms with Crippen molar-refractivity contribution in [2.75, 3.05) is 12.4 Å². The largest absolute Gasteiger partial charge is 0.462 e. The molecule has 0 atom stereocenters. The molecule has 0 fully saturated rings. The van der Waals surface area contributed by atoms with E-state index in [2.05, 4.69) is 10.1 Å². The van der Waals surface area contributed by atoms with E-state index in [9.17, 15) is 9.59 Å². The van der Waals surface area contributed by atoms with Crippen molar-refractivity contribution < 1.29 is 14.3 Å². The van der Waals surface area contributed by atoms with Crippen LogP contribution in [0.4, 0.5) is 5.69 Å². The molecule has 0 aliphatic heterocycles. The first-order valence-corrected chi connectivity index (χ1v) is 4.52. The molecule has 0 aliphatic rings. The fourth-order valence-electron chi connectivity index (χ4n) is 1.07. The minimum Gasteiger partial charge on any atom is -0.462 e. The number of rotatable bonds is 2. The Hall–Kier alpha value is -2.35. The maximum Gasteiger partial charge on any atom is 0.396 e. The molecule has 0 heterocycles. The summed E-state index contributed by atoms with van der Waals surface area (Å²) in [7, 11) is 1.14. The number of nitriles is 1. The zero-order valence-electron chi connectivity index (χ0n) is 8.69. The molecular weight excluding hydrogens is 208 g/mol. The third kappa shape index (κ3) is 3.10. The van der Waals surface area contributed by atoms with Gasteiger partial charge in [-0.1, -0.05) is 12.1 Å². The fourth-order valence-corrected chi connectivity index (χ4v) is 1.07. The first-order valence-electron chi connectivity index (χ1n) is 4.52. The van der Waals surface area contributed by atoms with E-state index in [1.807, 2.05) is 6.07 Å². The van der Waals surface area contributed by atoms with E-state index in [4.69, 9.17) is 5.26 Å². The Morgan fingerprint density at radius 3 is 2.50 bits per heavy atom. The normalized spacial score (nSPS) is 9.00. The lowest BCUT2D eigenvalue weighted by atomic mass is 10.1. The minimum absolute atomic E-state index is 0.311. The SMILES string of the molecule is COC(=O)C(=O)Nc1ccc(CC#N)cc1. The molecule has 82 valence electrons. The van der Waals surface area contributed by atoms with Gasteiger partial charge in [-0.3, -0.25) is 4.79 Å². The van der Waals surface area contributed by atoms with Crippen LogP contribution in [0.5, 0.6) is 0 Å². The van der Waals surface area contributed by atoms with E-state index in [-0.39, 0.29) is 0 Å². The van der Waals surface area contributed by atoms with E-state index in [0.717, 1.165) is 12.7 Å². The lowest BCUT2D eigenvalue weighted by molar-refractivity contribution is -0.150. The second-order valence-electron chi connectivity index (χ2n) is 2.98. The second kappa shape index (κ2) is 5.51. The van der Waals surface area contributed by atoms with Crippen molar-refractivity contribution in [1.29, 1.82) is 5.26 Å². The third-order valence-electron chi connectivity index (χ3n) is 1.87. The van der Waals surface area contributed by atoms with E-state index in [1.165, 1.54) is 0 Å². The van der Waals surface area contributed by atoms with Crippen LogP contribution < -0.4 is 5.32 Å². The summed E-state index contributed by atoms with van der Waals surface area (Å²) in [5, 5.41) is 10.8. The Labute approximate surface area is 92.6 Å². The predicted molar refractivity (Wildman–Crippen MR) is 56.4 cm³/mol. The first kappa shape index (κ1) is 11.7. The monoisotopic (exact) mass is 218 g/mol. The van der Waals surface area contributed by atoms with Crippen molar-refractivity contribution in [2.45, 2.75) is 6.42 Å². The fraction of sp³-hybridized carbons (Fsp3) is 0.182. The van der Waals surface area contributed by atoms with Gasteiger partial charge in [-0.15, -0.1) is 0 Å². The lowest BCUT2D eigenvalue weighted by Gasteiger charge is -2.03. The molecule has 0 unspecified atom stereocenters. The van der Waals surface area contributed by atoms with Crippen LogP contribution in [0, 0.1) is 11.3 Å². The van der Waals surface area contributed by atoms with Crippen molar-refractivity contribution >= 4 is 17.6 Å². The molecule has 0 saturated carbocycles. The number of amides is 1. The maximum absolute atomic E-state index is 11.1. The average Bonchev–Trinajstić information content (AvgIpc) is 2.31. The molecule has 5 heteroatoms. The number of nitrogens with one attached hydrogen (secondary N) is 1. The quantitative estimate of drug-likeness (QED) is 0.590. The highest BCUT2D eigenvalue weighted by Crippen LogP contribution is 2.09. The van der Waals surface area contributed by atoms with Gasteiger partial charge in [0, 0.05) is 5.69 Å². The van der Waals surface area contributed by atoms with Gasteiger partial charge >= 0.3 is 11.9 Å². The van der Waals surface area contributed by atoms with E-state index >= 15 is 0 Å². The first-order chi connectivity index (χ1) is 7.67. The predicted octanol–water partition coefficient (Wildman–Crippen LogP) is 0.864. The van der Waals surface area contributed by atoms with Crippen molar-refractivity contribution in [2.24, 2.45) is 0 Å². The molecule has 0 spiro atoms. The van der Waals surface area contributed by atoms with Gasteiger partial charge in [0.25, 0.3) is 0 Å². The van der Waals surface area contributed by atoms with Gasteiger partial charge < -0.3 is 10.1 Å². The van der Waals surface area contributed by atoms with Gasteiger partial charge in [0.15, 0.2) is 0 Å². The van der Waals surface area contributed by atoms with Crippen molar-refractivity contribution in [3.63, 3.8) is 0 Å². The highest BCUT2D eigenvalue weighted by Gasteiger charge is 2.13. The van der Waals surface area contributed by atoms with Gasteiger partial charge in [-0.05, 0) is 17.7 Å². The Balaban J connectivity index is 2.66. The third-order valence-corrected chi connectivity index (χ3v) is 1.87. The number of carbonyl (C=O) groups is 2. The van der Waals surface area contributed by atoms with Crippen LogP contribution in [-0.4, -0.2) is 19.0 Å². The van der Waals surface area contributed by atoms with Crippen LogP contribution in [0.3, 0.4) is 0 Å². The molecule has 0 bridgehead atoms. The Bertz CT molecular complexity index is 432. The van der Waals surface area contributed by atoms with Gasteiger partial charge in [-0.25, -0.2) is 4.79 Å². The summed E-state index contributed by atoms with van der Waals surface area (Å²) < 4.78 is 4.25. The van der Waals surface area contributed by atoms with Gasteiger partial charge in [-0.2, -0.15) is 5.26 Å². The van der Waals surface area contributed by atoms with Crippen LogP contribution in [0.15, 0.2) is 24.3 Å². The van der Waals surface area contributed by atoms with Crippen molar-refractivity contribution in [3.8, 4) is 6.07 Å². The number of hydrogen-bond donors (Lipinski definition) is 1. The summed E-state index contributed by atoms with van der Waals surface area (Å²) in [6.07, 6.45) is 0.311. The van der Waals surface area contributed by atoms with E-state index in [1.54, 1.807) is 24.3 Å². The minimum atomic E-state index is -0.943. The molecule has 1 aromatic carbocycles. The summed E-state index contributed by atoms with van der Waals surface area (Å²) in [5.41, 5.74) is 1.33. The highest BCUT2D eigenvalue weighted by atomic mass is 16.5.